The van der Waals surface area contributed by atoms with Gasteiger partial charge in [-0.25, -0.2) is 9.67 Å². The highest BCUT2D eigenvalue weighted by Gasteiger charge is 2.19. The van der Waals surface area contributed by atoms with Crippen molar-refractivity contribution in [2.45, 2.75) is 6.92 Å². The maximum absolute atomic E-state index is 12.8. The normalized spacial score (nSPS) is 10.7. The van der Waals surface area contributed by atoms with Crippen LogP contribution in [-0.2, 0) is 0 Å². The van der Waals surface area contributed by atoms with Gasteiger partial charge >= 0.3 is 0 Å². The predicted octanol–water partition coefficient (Wildman–Crippen LogP) is 5.91. The van der Waals surface area contributed by atoms with Crippen LogP contribution in [0.15, 0.2) is 77.3 Å². The Labute approximate surface area is 181 Å². The molecule has 0 aliphatic carbocycles. The molecule has 0 spiro atoms. The molecule has 1 N–H and O–H groups in total. The molecule has 0 bridgehead atoms. The first-order chi connectivity index (χ1) is 14.0. The molecule has 0 aliphatic heterocycles. The Balaban J connectivity index is 1.75. The largest absolute Gasteiger partial charge is 0.319 e. The maximum Gasteiger partial charge on any atom is 0.295 e. The van der Waals surface area contributed by atoms with Gasteiger partial charge in [-0.05, 0) is 61.0 Å². The number of benzene rings is 3. The molecule has 0 aliphatic rings. The van der Waals surface area contributed by atoms with Crippen LogP contribution in [0.3, 0.4) is 0 Å². The van der Waals surface area contributed by atoms with Gasteiger partial charge in [-0.15, -0.1) is 5.10 Å². The van der Waals surface area contributed by atoms with Crippen molar-refractivity contribution < 1.29 is 4.79 Å². The molecule has 0 atom stereocenters. The quantitative estimate of drug-likeness (QED) is 0.406. The van der Waals surface area contributed by atoms with Crippen molar-refractivity contribution in [2.24, 2.45) is 0 Å². The second-order valence-corrected chi connectivity index (χ2v) is 7.83. The number of hydrogen-bond donors (Lipinski definition) is 1. The van der Waals surface area contributed by atoms with E-state index in [9.17, 15) is 4.79 Å². The molecule has 0 fully saturated rings. The smallest absolute Gasteiger partial charge is 0.295 e. The number of aromatic nitrogens is 3. The van der Waals surface area contributed by atoms with Gasteiger partial charge in [-0.2, -0.15) is 0 Å². The van der Waals surface area contributed by atoms with Crippen LogP contribution < -0.4 is 5.32 Å². The molecular formula is C22H16BrClN4O. The second kappa shape index (κ2) is 8.19. The van der Waals surface area contributed by atoms with E-state index >= 15 is 0 Å². The van der Waals surface area contributed by atoms with E-state index in [4.69, 9.17) is 11.6 Å². The predicted molar refractivity (Wildman–Crippen MR) is 119 cm³/mol. The molecule has 0 unspecified atom stereocenters. The standard InChI is InChI=1S/C22H16BrClN4O/c1-14-3-2-4-18(13-14)25-22(29)20-26-21(15-5-7-16(23)8-6-15)28(27-20)19-11-9-17(24)10-12-19/h2-13H,1H3,(H,25,29). The monoisotopic (exact) mass is 466 g/mol. The third-order valence-corrected chi connectivity index (χ3v) is 5.04. The van der Waals surface area contributed by atoms with E-state index in [1.807, 2.05) is 67.6 Å². The zero-order chi connectivity index (χ0) is 20.4. The van der Waals surface area contributed by atoms with Gasteiger partial charge in [0.05, 0.1) is 5.69 Å². The molecule has 7 heteroatoms. The Hall–Kier alpha value is -2.96. The van der Waals surface area contributed by atoms with Gasteiger partial charge in [-0.3, -0.25) is 4.79 Å². The minimum atomic E-state index is -0.373. The third kappa shape index (κ3) is 4.39. The fourth-order valence-corrected chi connectivity index (χ4v) is 3.26. The van der Waals surface area contributed by atoms with E-state index in [1.165, 1.54) is 0 Å². The molecule has 144 valence electrons. The summed E-state index contributed by atoms with van der Waals surface area (Å²) in [7, 11) is 0. The van der Waals surface area contributed by atoms with Crippen molar-refractivity contribution in [2.75, 3.05) is 5.32 Å². The summed E-state index contributed by atoms with van der Waals surface area (Å²) < 4.78 is 2.60. The zero-order valence-electron chi connectivity index (χ0n) is 15.4. The van der Waals surface area contributed by atoms with Crippen LogP contribution in [0.1, 0.15) is 16.2 Å². The fraction of sp³-hybridized carbons (Fsp3) is 0.0455. The number of anilines is 1. The van der Waals surface area contributed by atoms with Crippen LogP contribution in [0.2, 0.25) is 5.02 Å². The SMILES string of the molecule is Cc1cccc(NC(=O)c2nc(-c3ccc(Br)cc3)n(-c3ccc(Cl)cc3)n2)c1. The fourth-order valence-electron chi connectivity index (χ4n) is 2.87. The third-order valence-electron chi connectivity index (χ3n) is 4.26. The molecule has 0 saturated heterocycles. The van der Waals surface area contributed by atoms with Crippen molar-refractivity contribution in [3.63, 3.8) is 0 Å². The van der Waals surface area contributed by atoms with Crippen molar-refractivity contribution in [3.8, 4) is 17.1 Å². The van der Waals surface area contributed by atoms with Gasteiger partial charge < -0.3 is 5.32 Å². The molecule has 1 heterocycles. The number of hydrogen-bond acceptors (Lipinski definition) is 3. The molecule has 3 aromatic carbocycles. The van der Waals surface area contributed by atoms with Crippen LogP contribution in [-0.4, -0.2) is 20.7 Å². The van der Waals surface area contributed by atoms with E-state index in [0.29, 0.717) is 16.5 Å². The highest BCUT2D eigenvalue weighted by atomic mass is 79.9. The van der Waals surface area contributed by atoms with Gasteiger partial charge in [0, 0.05) is 20.7 Å². The van der Waals surface area contributed by atoms with E-state index in [-0.39, 0.29) is 11.7 Å². The molecule has 5 nitrogen and oxygen atoms in total. The topological polar surface area (TPSA) is 59.8 Å². The van der Waals surface area contributed by atoms with Crippen LogP contribution in [0, 0.1) is 6.92 Å². The van der Waals surface area contributed by atoms with Gasteiger partial charge in [0.25, 0.3) is 5.91 Å². The van der Waals surface area contributed by atoms with E-state index < -0.39 is 0 Å². The van der Waals surface area contributed by atoms with Crippen LogP contribution >= 0.6 is 27.5 Å². The number of rotatable bonds is 4. The molecule has 4 aromatic rings. The summed E-state index contributed by atoms with van der Waals surface area (Å²) in [6.07, 6.45) is 0. The van der Waals surface area contributed by atoms with Crippen molar-refractivity contribution in [1.29, 1.82) is 0 Å². The van der Waals surface area contributed by atoms with Crippen molar-refractivity contribution in [1.82, 2.24) is 14.8 Å². The highest BCUT2D eigenvalue weighted by Crippen LogP contribution is 2.24. The zero-order valence-corrected chi connectivity index (χ0v) is 17.8. The highest BCUT2D eigenvalue weighted by molar-refractivity contribution is 9.10. The lowest BCUT2D eigenvalue weighted by Crippen LogP contribution is -2.14. The van der Waals surface area contributed by atoms with E-state index in [2.05, 4.69) is 31.3 Å². The van der Waals surface area contributed by atoms with Gasteiger partial charge in [0.1, 0.15) is 0 Å². The summed E-state index contributed by atoms with van der Waals surface area (Å²) >= 11 is 9.46. The Morgan fingerprint density at radius 2 is 1.76 bits per heavy atom. The molecule has 0 radical (unpaired) electrons. The summed E-state index contributed by atoms with van der Waals surface area (Å²) in [5, 5.41) is 7.94. The molecular weight excluding hydrogens is 452 g/mol. The lowest BCUT2D eigenvalue weighted by Gasteiger charge is -2.06. The van der Waals surface area contributed by atoms with Crippen LogP contribution in [0.5, 0.6) is 0 Å². The Morgan fingerprint density at radius 3 is 2.45 bits per heavy atom. The average Bonchev–Trinajstić information content (AvgIpc) is 3.15. The average molecular weight is 468 g/mol. The first-order valence-electron chi connectivity index (χ1n) is 8.86. The number of halogens is 2. The Bertz CT molecular complexity index is 1110. The van der Waals surface area contributed by atoms with E-state index in [0.717, 1.165) is 21.3 Å². The summed E-state index contributed by atoms with van der Waals surface area (Å²) in [4.78, 5) is 17.3. The molecule has 1 aromatic heterocycles. The number of aryl methyl sites for hydroxylation is 1. The molecule has 4 rings (SSSR count). The first-order valence-corrected chi connectivity index (χ1v) is 10.0. The number of carbonyl (C=O) groups excluding carboxylic acids is 1. The van der Waals surface area contributed by atoms with Crippen LogP contribution in [0.4, 0.5) is 5.69 Å². The molecule has 0 saturated carbocycles. The number of carbonyl (C=O) groups is 1. The van der Waals surface area contributed by atoms with Crippen molar-refractivity contribution in [3.05, 3.63) is 93.7 Å². The number of nitrogens with zero attached hydrogens (tertiary/aromatic N) is 3. The first kappa shape index (κ1) is 19.4. The van der Waals surface area contributed by atoms with Gasteiger partial charge in [0.2, 0.25) is 5.82 Å². The maximum atomic E-state index is 12.8. The Kier molecular flexibility index (Phi) is 5.47. The van der Waals surface area contributed by atoms with Crippen molar-refractivity contribution >= 4 is 39.1 Å². The van der Waals surface area contributed by atoms with Gasteiger partial charge in [0.15, 0.2) is 5.82 Å². The Morgan fingerprint density at radius 1 is 1.03 bits per heavy atom. The lowest BCUT2D eigenvalue weighted by molar-refractivity contribution is 0.101. The summed E-state index contributed by atoms with van der Waals surface area (Å²) in [5.41, 5.74) is 3.35. The minimum Gasteiger partial charge on any atom is -0.319 e. The van der Waals surface area contributed by atoms with E-state index in [1.54, 1.807) is 16.8 Å². The summed E-state index contributed by atoms with van der Waals surface area (Å²) in [5.74, 6) is 0.273. The number of nitrogens with one attached hydrogen (secondary N) is 1. The molecule has 1 amide bonds. The minimum absolute atomic E-state index is 0.0828. The molecule has 29 heavy (non-hydrogen) atoms. The van der Waals surface area contributed by atoms with Gasteiger partial charge in [-0.1, -0.05) is 51.8 Å². The number of amides is 1. The summed E-state index contributed by atoms with van der Waals surface area (Å²) in [6.45, 7) is 1.97. The lowest BCUT2D eigenvalue weighted by atomic mass is 10.2. The second-order valence-electron chi connectivity index (χ2n) is 6.48. The van der Waals surface area contributed by atoms with Crippen LogP contribution in [0.25, 0.3) is 17.1 Å². The summed E-state index contributed by atoms with van der Waals surface area (Å²) in [6, 6.07) is 22.5.